The average molecular weight is 277 g/mol. The Morgan fingerprint density at radius 1 is 1.00 bits per heavy atom. The van der Waals surface area contributed by atoms with E-state index in [1.807, 2.05) is 36.2 Å². The zero-order chi connectivity index (χ0) is 15.1. The van der Waals surface area contributed by atoms with Crippen LogP contribution in [0.4, 0.5) is 5.69 Å². The standard InChI is InChI=1S/C17H15N3O/c1-20(16-8-6-14(12-18)7-9-16)10-11-21-17-5-3-2-4-15(17)13-19/h2-9H,10-11H2,1H3. The molecule has 0 radical (unpaired) electrons. The van der Waals surface area contributed by atoms with E-state index in [2.05, 4.69) is 12.1 Å². The zero-order valence-corrected chi connectivity index (χ0v) is 11.8. The maximum Gasteiger partial charge on any atom is 0.137 e. The van der Waals surface area contributed by atoms with E-state index in [9.17, 15) is 0 Å². The minimum atomic E-state index is 0.481. The van der Waals surface area contributed by atoms with E-state index in [1.165, 1.54) is 0 Å². The maximum absolute atomic E-state index is 8.99. The molecule has 21 heavy (non-hydrogen) atoms. The second kappa shape index (κ2) is 6.98. The fraction of sp³-hybridized carbons (Fsp3) is 0.176. The van der Waals surface area contributed by atoms with Gasteiger partial charge in [-0.15, -0.1) is 0 Å². The lowest BCUT2D eigenvalue weighted by Gasteiger charge is -2.19. The minimum absolute atomic E-state index is 0.481. The number of para-hydroxylation sites is 1. The fourth-order valence-corrected chi connectivity index (χ4v) is 1.90. The van der Waals surface area contributed by atoms with E-state index in [1.54, 1.807) is 24.3 Å². The van der Waals surface area contributed by atoms with Crippen LogP contribution in [0.5, 0.6) is 5.75 Å². The molecule has 0 amide bonds. The van der Waals surface area contributed by atoms with Crippen LogP contribution in [0.15, 0.2) is 48.5 Å². The van der Waals surface area contributed by atoms with Crippen molar-refractivity contribution in [1.82, 2.24) is 0 Å². The Bertz CT molecular complexity index is 680. The molecule has 0 heterocycles. The summed E-state index contributed by atoms with van der Waals surface area (Å²) in [6, 6.07) is 18.8. The first kappa shape index (κ1) is 14.4. The quantitative estimate of drug-likeness (QED) is 0.843. The molecule has 4 nitrogen and oxygen atoms in total. The Balaban J connectivity index is 1.91. The third kappa shape index (κ3) is 3.75. The van der Waals surface area contributed by atoms with Crippen molar-refractivity contribution in [2.24, 2.45) is 0 Å². The highest BCUT2D eigenvalue weighted by atomic mass is 16.5. The number of hydrogen-bond acceptors (Lipinski definition) is 4. The van der Waals surface area contributed by atoms with Gasteiger partial charge in [0.05, 0.1) is 23.7 Å². The van der Waals surface area contributed by atoms with Crippen molar-refractivity contribution < 1.29 is 4.74 Å². The van der Waals surface area contributed by atoms with Crippen LogP contribution in [0.1, 0.15) is 11.1 Å². The predicted molar refractivity (Wildman–Crippen MR) is 81.1 cm³/mol. The van der Waals surface area contributed by atoms with E-state index in [0.717, 1.165) is 5.69 Å². The second-order valence-corrected chi connectivity index (χ2v) is 4.54. The molecule has 0 saturated heterocycles. The molecule has 0 atom stereocenters. The molecule has 0 aromatic heterocycles. The van der Waals surface area contributed by atoms with Crippen molar-refractivity contribution in [2.75, 3.05) is 25.1 Å². The van der Waals surface area contributed by atoms with E-state index in [-0.39, 0.29) is 0 Å². The van der Waals surface area contributed by atoms with E-state index in [4.69, 9.17) is 15.3 Å². The van der Waals surface area contributed by atoms with Gasteiger partial charge in [-0.1, -0.05) is 12.1 Å². The van der Waals surface area contributed by atoms with Gasteiger partial charge in [0, 0.05) is 12.7 Å². The monoisotopic (exact) mass is 277 g/mol. The molecule has 0 aliphatic heterocycles. The van der Waals surface area contributed by atoms with Crippen LogP contribution in [0.25, 0.3) is 0 Å². The van der Waals surface area contributed by atoms with Crippen molar-refractivity contribution in [3.8, 4) is 17.9 Å². The van der Waals surface area contributed by atoms with Gasteiger partial charge in [0.1, 0.15) is 18.4 Å². The third-order valence-electron chi connectivity index (χ3n) is 3.13. The average Bonchev–Trinajstić information content (AvgIpc) is 2.55. The van der Waals surface area contributed by atoms with Crippen molar-refractivity contribution in [2.45, 2.75) is 0 Å². The van der Waals surface area contributed by atoms with Crippen molar-refractivity contribution >= 4 is 5.69 Å². The van der Waals surface area contributed by atoms with Crippen LogP contribution >= 0.6 is 0 Å². The molecule has 2 aromatic rings. The molecule has 2 rings (SSSR count). The van der Waals surface area contributed by atoms with Gasteiger partial charge >= 0.3 is 0 Å². The molecule has 0 unspecified atom stereocenters. The normalized spacial score (nSPS) is 9.48. The highest BCUT2D eigenvalue weighted by Crippen LogP contribution is 2.17. The topological polar surface area (TPSA) is 60.0 Å². The molecule has 104 valence electrons. The van der Waals surface area contributed by atoms with Gasteiger partial charge in [-0.05, 0) is 36.4 Å². The Morgan fingerprint density at radius 2 is 1.71 bits per heavy atom. The summed E-state index contributed by atoms with van der Waals surface area (Å²) < 4.78 is 5.65. The van der Waals surface area contributed by atoms with Crippen molar-refractivity contribution in [3.63, 3.8) is 0 Å². The molecule has 2 aromatic carbocycles. The number of likely N-dealkylation sites (N-methyl/N-ethyl adjacent to an activating group) is 1. The summed E-state index contributed by atoms with van der Waals surface area (Å²) in [5, 5.41) is 17.8. The summed E-state index contributed by atoms with van der Waals surface area (Å²) in [5.41, 5.74) is 2.20. The zero-order valence-electron chi connectivity index (χ0n) is 11.8. The molecule has 0 N–H and O–H groups in total. The molecule has 0 aliphatic carbocycles. The maximum atomic E-state index is 8.99. The fourth-order valence-electron chi connectivity index (χ4n) is 1.90. The number of hydrogen-bond donors (Lipinski definition) is 0. The summed E-state index contributed by atoms with van der Waals surface area (Å²) in [7, 11) is 1.96. The van der Waals surface area contributed by atoms with Crippen LogP contribution in [-0.4, -0.2) is 20.2 Å². The first-order chi connectivity index (χ1) is 10.2. The molecule has 0 spiro atoms. The number of nitrogens with zero attached hydrogens (tertiary/aromatic N) is 3. The molecule has 0 fully saturated rings. The van der Waals surface area contributed by atoms with Gasteiger partial charge in [-0.3, -0.25) is 0 Å². The summed E-state index contributed by atoms with van der Waals surface area (Å²) in [4.78, 5) is 2.04. The van der Waals surface area contributed by atoms with E-state index >= 15 is 0 Å². The smallest absolute Gasteiger partial charge is 0.137 e. The summed E-state index contributed by atoms with van der Waals surface area (Å²) >= 11 is 0. The van der Waals surface area contributed by atoms with Gasteiger partial charge in [-0.2, -0.15) is 10.5 Å². The van der Waals surface area contributed by atoms with E-state index < -0.39 is 0 Å². The van der Waals surface area contributed by atoms with Gasteiger partial charge in [0.25, 0.3) is 0 Å². The second-order valence-electron chi connectivity index (χ2n) is 4.54. The molecular formula is C17H15N3O. The lowest BCUT2D eigenvalue weighted by molar-refractivity contribution is 0.325. The number of ether oxygens (including phenoxy) is 1. The molecule has 0 saturated carbocycles. The molecule has 0 aliphatic rings. The van der Waals surface area contributed by atoms with Crippen LogP contribution in [0.2, 0.25) is 0 Å². The van der Waals surface area contributed by atoms with Gasteiger partial charge in [0.2, 0.25) is 0 Å². The largest absolute Gasteiger partial charge is 0.490 e. The number of rotatable bonds is 5. The molecular weight excluding hydrogens is 262 g/mol. The number of nitriles is 2. The molecule has 0 bridgehead atoms. The van der Waals surface area contributed by atoms with Crippen LogP contribution in [0.3, 0.4) is 0 Å². The van der Waals surface area contributed by atoms with Crippen LogP contribution in [0, 0.1) is 22.7 Å². The minimum Gasteiger partial charge on any atom is -0.490 e. The summed E-state index contributed by atoms with van der Waals surface area (Å²) in [6.07, 6.45) is 0. The Labute approximate surface area is 124 Å². The highest BCUT2D eigenvalue weighted by Gasteiger charge is 2.04. The van der Waals surface area contributed by atoms with Crippen molar-refractivity contribution in [3.05, 3.63) is 59.7 Å². The summed E-state index contributed by atoms with van der Waals surface area (Å²) in [6.45, 7) is 1.17. The van der Waals surface area contributed by atoms with Crippen LogP contribution < -0.4 is 9.64 Å². The van der Waals surface area contributed by atoms with Gasteiger partial charge in [-0.25, -0.2) is 0 Å². The predicted octanol–water partition coefficient (Wildman–Crippen LogP) is 2.95. The lowest BCUT2D eigenvalue weighted by atomic mass is 10.2. The molecule has 4 heteroatoms. The highest BCUT2D eigenvalue weighted by molar-refractivity contribution is 5.49. The SMILES string of the molecule is CN(CCOc1ccccc1C#N)c1ccc(C#N)cc1. The first-order valence-corrected chi connectivity index (χ1v) is 6.58. The Hall–Kier alpha value is -2.98. The Kier molecular flexibility index (Phi) is 4.79. The third-order valence-corrected chi connectivity index (χ3v) is 3.13. The lowest BCUT2D eigenvalue weighted by Crippen LogP contribution is -2.23. The van der Waals surface area contributed by atoms with Gasteiger partial charge in [0.15, 0.2) is 0 Å². The first-order valence-electron chi connectivity index (χ1n) is 6.58. The van der Waals surface area contributed by atoms with Gasteiger partial charge < -0.3 is 9.64 Å². The Morgan fingerprint density at radius 3 is 2.38 bits per heavy atom. The van der Waals surface area contributed by atoms with Crippen LogP contribution in [-0.2, 0) is 0 Å². The number of anilines is 1. The van der Waals surface area contributed by atoms with Crippen molar-refractivity contribution in [1.29, 1.82) is 10.5 Å². The summed E-state index contributed by atoms with van der Waals surface area (Å²) in [5.74, 6) is 0.605. The van der Waals surface area contributed by atoms with E-state index in [0.29, 0.717) is 30.0 Å². The number of benzene rings is 2.